The van der Waals surface area contributed by atoms with E-state index in [1.165, 1.54) is 12.1 Å². The third kappa shape index (κ3) is 3.36. The van der Waals surface area contributed by atoms with E-state index < -0.39 is 5.91 Å². The Labute approximate surface area is 156 Å². The number of carbonyl (C=O) groups excluding carboxylic acids is 1. The van der Waals surface area contributed by atoms with E-state index >= 15 is 0 Å². The van der Waals surface area contributed by atoms with Crippen molar-refractivity contribution < 1.29 is 9.18 Å². The molecular formula is C18H13BrFN5O. The van der Waals surface area contributed by atoms with Crippen molar-refractivity contribution in [1.29, 1.82) is 0 Å². The molecule has 0 aliphatic carbocycles. The van der Waals surface area contributed by atoms with Crippen molar-refractivity contribution in [2.75, 3.05) is 5.32 Å². The van der Waals surface area contributed by atoms with E-state index in [4.69, 9.17) is 0 Å². The highest BCUT2D eigenvalue weighted by molar-refractivity contribution is 9.10. The lowest BCUT2D eigenvalue weighted by atomic mass is 10.2. The van der Waals surface area contributed by atoms with Gasteiger partial charge in [0.15, 0.2) is 0 Å². The Morgan fingerprint density at radius 1 is 1.23 bits per heavy atom. The Bertz CT molecular complexity index is 1090. The smallest absolute Gasteiger partial charge is 0.274 e. The molecule has 2 aromatic carbocycles. The molecule has 0 bridgehead atoms. The lowest BCUT2D eigenvalue weighted by Crippen LogP contribution is -2.13. The summed E-state index contributed by atoms with van der Waals surface area (Å²) in [6.45, 7) is 0.535. The highest BCUT2D eigenvalue weighted by atomic mass is 79.9. The summed E-state index contributed by atoms with van der Waals surface area (Å²) in [5, 5.41) is 7.22. The third-order valence-corrected chi connectivity index (χ3v) is 4.40. The van der Waals surface area contributed by atoms with Gasteiger partial charge in [0, 0.05) is 15.4 Å². The second-order valence-electron chi connectivity index (χ2n) is 5.73. The van der Waals surface area contributed by atoms with Crippen molar-refractivity contribution in [2.24, 2.45) is 0 Å². The first-order valence-corrected chi connectivity index (χ1v) is 8.60. The standard InChI is InChI=1S/C18H13BrFN5O/c19-12-6-4-11(5-7-12)9-25-10-21-18(24-25)23-17(26)16-8-13-14(20)2-1-3-15(13)22-16/h1-8,10,22H,9H2,(H,23,24,26). The van der Waals surface area contributed by atoms with Crippen LogP contribution in [0.4, 0.5) is 10.3 Å². The molecule has 6 nitrogen and oxygen atoms in total. The van der Waals surface area contributed by atoms with Gasteiger partial charge < -0.3 is 4.98 Å². The number of rotatable bonds is 4. The van der Waals surface area contributed by atoms with Gasteiger partial charge in [-0.25, -0.2) is 14.1 Å². The SMILES string of the molecule is O=C(Nc1ncn(Cc2ccc(Br)cc2)n1)c1cc2c(F)cccc2[nH]1. The molecule has 2 heterocycles. The predicted molar refractivity (Wildman–Crippen MR) is 99.5 cm³/mol. The third-order valence-electron chi connectivity index (χ3n) is 3.88. The molecule has 2 N–H and O–H groups in total. The van der Waals surface area contributed by atoms with Crippen LogP contribution in [0.5, 0.6) is 0 Å². The lowest BCUT2D eigenvalue weighted by molar-refractivity contribution is 0.102. The summed E-state index contributed by atoms with van der Waals surface area (Å²) in [7, 11) is 0. The Morgan fingerprint density at radius 2 is 2.04 bits per heavy atom. The normalized spacial score (nSPS) is 11.0. The number of carbonyl (C=O) groups is 1. The van der Waals surface area contributed by atoms with Crippen LogP contribution in [-0.4, -0.2) is 25.7 Å². The minimum Gasteiger partial charge on any atom is -0.350 e. The molecule has 0 aliphatic rings. The highest BCUT2D eigenvalue weighted by Crippen LogP contribution is 2.19. The van der Waals surface area contributed by atoms with Crippen LogP contribution in [-0.2, 0) is 6.54 Å². The Balaban J connectivity index is 1.48. The molecular weight excluding hydrogens is 401 g/mol. The zero-order valence-electron chi connectivity index (χ0n) is 13.4. The average Bonchev–Trinajstić information content (AvgIpc) is 3.25. The maximum atomic E-state index is 13.7. The van der Waals surface area contributed by atoms with Gasteiger partial charge in [0.25, 0.3) is 5.91 Å². The zero-order chi connectivity index (χ0) is 18.1. The van der Waals surface area contributed by atoms with Gasteiger partial charge in [-0.15, -0.1) is 5.10 Å². The molecule has 4 aromatic rings. The van der Waals surface area contributed by atoms with Gasteiger partial charge in [0.1, 0.15) is 17.8 Å². The summed E-state index contributed by atoms with van der Waals surface area (Å²) in [5.41, 5.74) is 1.86. The van der Waals surface area contributed by atoms with E-state index in [0.29, 0.717) is 17.4 Å². The molecule has 0 atom stereocenters. The first-order chi connectivity index (χ1) is 12.6. The van der Waals surface area contributed by atoms with Crippen LogP contribution in [0, 0.1) is 5.82 Å². The first kappa shape index (κ1) is 16.5. The van der Waals surface area contributed by atoms with Crippen LogP contribution in [0.15, 0.2) is 59.3 Å². The molecule has 0 aliphatic heterocycles. The van der Waals surface area contributed by atoms with Crippen LogP contribution in [0.3, 0.4) is 0 Å². The fraction of sp³-hybridized carbons (Fsp3) is 0.0556. The lowest BCUT2D eigenvalue weighted by Gasteiger charge is -2.01. The van der Waals surface area contributed by atoms with E-state index in [1.807, 2.05) is 24.3 Å². The van der Waals surface area contributed by atoms with Crippen molar-refractivity contribution >= 4 is 38.7 Å². The number of fused-ring (bicyclic) bond motifs is 1. The molecule has 0 unspecified atom stereocenters. The summed E-state index contributed by atoms with van der Waals surface area (Å²) >= 11 is 3.39. The summed E-state index contributed by atoms with van der Waals surface area (Å²) in [6, 6.07) is 14.0. The molecule has 26 heavy (non-hydrogen) atoms. The number of aromatic nitrogens is 4. The Hall–Kier alpha value is -3.00. The number of H-pyrrole nitrogens is 1. The fourth-order valence-corrected chi connectivity index (χ4v) is 2.88. The van der Waals surface area contributed by atoms with E-state index in [0.717, 1.165) is 10.0 Å². The predicted octanol–water partition coefficient (Wildman–Crippen LogP) is 3.96. The second-order valence-corrected chi connectivity index (χ2v) is 6.65. The maximum absolute atomic E-state index is 13.7. The van der Waals surface area contributed by atoms with Crippen LogP contribution < -0.4 is 5.32 Å². The van der Waals surface area contributed by atoms with Crippen molar-refractivity contribution in [1.82, 2.24) is 19.7 Å². The molecule has 0 spiro atoms. The van der Waals surface area contributed by atoms with E-state index in [9.17, 15) is 9.18 Å². The summed E-state index contributed by atoms with van der Waals surface area (Å²) in [5.74, 6) is -0.622. The zero-order valence-corrected chi connectivity index (χ0v) is 15.0. The monoisotopic (exact) mass is 413 g/mol. The minimum absolute atomic E-state index is 0.186. The Morgan fingerprint density at radius 3 is 2.81 bits per heavy atom. The molecule has 0 saturated carbocycles. The average molecular weight is 414 g/mol. The number of anilines is 1. The van der Waals surface area contributed by atoms with Crippen LogP contribution in [0.1, 0.15) is 16.1 Å². The largest absolute Gasteiger partial charge is 0.350 e. The van der Waals surface area contributed by atoms with Crippen molar-refractivity contribution in [2.45, 2.75) is 6.54 Å². The van der Waals surface area contributed by atoms with Gasteiger partial charge in [-0.3, -0.25) is 10.1 Å². The molecule has 2 aromatic heterocycles. The number of aromatic amines is 1. The van der Waals surface area contributed by atoms with Gasteiger partial charge in [0.05, 0.1) is 6.54 Å². The molecule has 1 amide bonds. The van der Waals surface area contributed by atoms with E-state index in [1.54, 1.807) is 23.1 Å². The Kier molecular flexibility index (Phi) is 4.26. The fourth-order valence-electron chi connectivity index (χ4n) is 2.61. The van der Waals surface area contributed by atoms with Gasteiger partial charge >= 0.3 is 0 Å². The maximum Gasteiger partial charge on any atom is 0.274 e. The van der Waals surface area contributed by atoms with Crippen LogP contribution in [0.25, 0.3) is 10.9 Å². The van der Waals surface area contributed by atoms with Crippen molar-refractivity contribution in [3.05, 3.63) is 76.4 Å². The number of benzene rings is 2. The number of nitrogens with zero attached hydrogens (tertiary/aromatic N) is 3. The summed E-state index contributed by atoms with van der Waals surface area (Å²) in [4.78, 5) is 19.3. The summed E-state index contributed by atoms with van der Waals surface area (Å²) < 4.78 is 16.4. The molecule has 4 rings (SSSR count). The van der Waals surface area contributed by atoms with E-state index in [2.05, 4.69) is 36.3 Å². The first-order valence-electron chi connectivity index (χ1n) is 7.81. The van der Waals surface area contributed by atoms with Gasteiger partial charge in [0.2, 0.25) is 5.95 Å². The minimum atomic E-state index is -0.429. The number of hydrogen-bond acceptors (Lipinski definition) is 3. The van der Waals surface area contributed by atoms with E-state index in [-0.39, 0.29) is 17.5 Å². The van der Waals surface area contributed by atoms with Gasteiger partial charge in [-0.2, -0.15) is 0 Å². The number of nitrogens with one attached hydrogen (secondary N) is 2. The highest BCUT2D eigenvalue weighted by Gasteiger charge is 2.13. The molecule has 130 valence electrons. The van der Waals surface area contributed by atoms with Gasteiger partial charge in [-0.1, -0.05) is 34.1 Å². The number of halogens is 2. The molecule has 8 heteroatoms. The van der Waals surface area contributed by atoms with Crippen LogP contribution >= 0.6 is 15.9 Å². The topological polar surface area (TPSA) is 75.6 Å². The van der Waals surface area contributed by atoms with Gasteiger partial charge in [-0.05, 0) is 35.9 Å². The molecule has 0 saturated heterocycles. The molecule has 0 fully saturated rings. The van der Waals surface area contributed by atoms with Crippen molar-refractivity contribution in [3.8, 4) is 0 Å². The number of hydrogen-bond donors (Lipinski definition) is 2. The quantitative estimate of drug-likeness (QED) is 0.531. The number of amides is 1. The van der Waals surface area contributed by atoms with Crippen LogP contribution in [0.2, 0.25) is 0 Å². The molecule has 0 radical (unpaired) electrons. The summed E-state index contributed by atoms with van der Waals surface area (Å²) in [6.07, 6.45) is 1.54. The van der Waals surface area contributed by atoms with Crippen molar-refractivity contribution in [3.63, 3.8) is 0 Å². The second kappa shape index (κ2) is 6.72.